The number of hydrogen-bond donors (Lipinski definition) is 0. The highest BCUT2D eigenvalue weighted by Crippen LogP contribution is 2.08. The Balaban J connectivity index is 1.88. The van der Waals surface area contributed by atoms with E-state index in [1.165, 1.54) is 11.3 Å². The Kier molecular flexibility index (Phi) is 4.62. The minimum atomic E-state index is 0.00730. The Hall–Kier alpha value is -0.360. The summed E-state index contributed by atoms with van der Waals surface area (Å²) < 4.78 is 2.38. The van der Waals surface area contributed by atoms with Gasteiger partial charge in [-0.2, -0.15) is 0 Å². The predicted octanol–water partition coefficient (Wildman–Crippen LogP) is 1.13. The molecule has 1 aromatic heterocycles. The molecule has 0 amide bonds. The molecule has 0 bridgehead atoms. The smallest absolute Gasteiger partial charge is 0.0546 e. The summed E-state index contributed by atoms with van der Waals surface area (Å²) in [6, 6.07) is 4.21. The van der Waals surface area contributed by atoms with Crippen molar-refractivity contribution in [3.8, 4) is 0 Å². The molecule has 0 spiro atoms. The van der Waals surface area contributed by atoms with Crippen LogP contribution in [0, 0.1) is 6.92 Å². The van der Waals surface area contributed by atoms with Crippen LogP contribution in [0.5, 0.6) is 0 Å². The first-order valence-corrected chi connectivity index (χ1v) is 8.39. The van der Waals surface area contributed by atoms with Crippen LogP contribution >= 0.6 is 0 Å². The normalized spacial score (nSPS) is 20.4. The molecule has 1 fully saturated rings. The Morgan fingerprint density at radius 2 is 2.06 bits per heavy atom. The Morgan fingerprint density at radius 3 is 2.65 bits per heavy atom. The zero-order valence-corrected chi connectivity index (χ0v) is 12.1. The van der Waals surface area contributed by atoms with Crippen molar-refractivity contribution in [2.45, 2.75) is 13.5 Å². The summed E-state index contributed by atoms with van der Waals surface area (Å²) in [7, 11) is 0.00730. The lowest BCUT2D eigenvalue weighted by Gasteiger charge is -2.34. The molecule has 1 unspecified atom stereocenters. The monoisotopic (exact) mass is 269 g/mol. The largest absolute Gasteiger partial charge is 0.295 e. The lowest BCUT2D eigenvalue weighted by Crippen LogP contribution is -2.46. The highest BCUT2D eigenvalue weighted by atomic mass is 32.8. The summed E-state index contributed by atoms with van der Waals surface area (Å²) in [6.45, 7) is 7.46. The molecule has 5 heteroatoms. The maximum absolute atomic E-state index is 5.31. The number of aryl methyl sites for hydroxylation is 1. The van der Waals surface area contributed by atoms with Crippen LogP contribution in [-0.4, -0.2) is 46.6 Å². The molecule has 1 atom stereocenters. The lowest BCUT2D eigenvalue weighted by molar-refractivity contribution is 0.187. The van der Waals surface area contributed by atoms with Gasteiger partial charge >= 0.3 is 0 Å². The second-order valence-electron chi connectivity index (χ2n) is 4.45. The van der Waals surface area contributed by atoms with Gasteiger partial charge in [-0.25, -0.2) is 4.31 Å². The van der Waals surface area contributed by atoms with E-state index in [0.717, 1.165) is 32.7 Å². The molecule has 3 nitrogen and oxygen atoms in total. The molecule has 1 saturated heterocycles. The Morgan fingerprint density at radius 1 is 1.35 bits per heavy atom. The molecular weight excluding hydrogens is 250 g/mol. The van der Waals surface area contributed by atoms with Gasteiger partial charge in [-0.05, 0) is 35.8 Å². The van der Waals surface area contributed by atoms with Gasteiger partial charge in [-0.3, -0.25) is 9.88 Å². The van der Waals surface area contributed by atoms with Crippen molar-refractivity contribution >= 4 is 20.8 Å². The molecule has 2 heterocycles. The number of aromatic nitrogens is 1. The van der Waals surface area contributed by atoms with Gasteiger partial charge in [-0.15, -0.1) is 0 Å². The number of hydrogen-bond acceptors (Lipinski definition) is 3. The first-order valence-electron chi connectivity index (χ1n) is 5.87. The molecule has 1 aromatic rings. The summed E-state index contributed by atoms with van der Waals surface area (Å²) >= 11 is 5.31. The maximum atomic E-state index is 5.31. The highest BCUT2D eigenvalue weighted by Gasteiger charge is 2.17. The van der Waals surface area contributed by atoms with Crippen molar-refractivity contribution in [1.29, 1.82) is 0 Å². The van der Waals surface area contributed by atoms with Gasteiger partial charge in [0.25, 0.3) is 0 Å². The first-order chi connectivity index (χ1) is 8.15. The summed E-state index contributed by atoms with van der Waals surface area (Å²) in [5, 5.41) is 0. The van der Waals surface area contributed by atoms with E-state index < -0.39 is 0 Å². The van der Waals surface area contributed by atoms with Crippen molar-refractivity contribution < 1.29 is 0 Å². The minimum absolute atomic E-state index is 0.00730. The van der Waals surface area contributed by atoms with Gasteiger partial charge in [0, 0.05) is 45.2 Å². The van der Waals surface area contributed by atoms with Gasteiger partial charge in [0.15, 0.2) is 0 Å². The molecule has 0 aromatic carbocycles. The second kappa shape index (κ2) is 6.00. The minimum Gasteiger partial charge on any atom is -0.295 e. The van der Waals surface area contributed by atoms with E-state index in [1.54, 1.807) is 0 Å². The predicted molar refractivity (Wildman–Crippen MR) is 76.5 cm³/mol. The van der Waals surface area contributed by atoms with Crippen molar-refractivity contribution in [1.82, 2.24) is 14.2 Å². The molecule has 0 saturated carbocycles. The quantitative estimate of drug-likeness (QED) is 0.819. The number of piperazine rings is 1. The zero-order chi connectivity index (χ0) is 12.3. The third-order valence-corrected chi connectivity index (χ3v) is 4.78. The Bertz CT molecular complexity index is 400. The summed E-state index contributed by atoms with van der Waals surface area (Å²) in [6.07, 6.45) is 4.01. The molecule has 0 aliphatic carbocycles. The van der Waals surface area contributed by atoms with Crippen LogP contribution in [0.2, 0.25) is 0 Å². The molecule has 94 valence electrons. The van der Waals surface area contributed by atoms with E-state index in [9.17, 15) is 0 Å². The average Bonchev–Trinajstić information content (AvgIpc) is 2.29. The lowest BCUT2D eigenvalue weighted by atomic mass is 10.2. The second-order valence-corrected chi connectivity index (χ2v) is 7.26. The molecular formula is C12H19N3S2. The van der Waals surface area contributed by atoms with E-state index in [0.29, 0.717) is 0 Å². The van der Waals surface area contributed by atoms with Crippen LogP contribution in [0.25, 0.3) is 0 Å². The van der Waals surface area contributed by atoms with Crippen LogP contribution in [-0.2, 0) is 27.4 Å². The highest BCUT2D eigenvalue weighted by molar-refractivity contribution is 8.27. The fourth-order valence-corrected chi connectivity index (χ4v) is 3.18. The van der Waals surface area contributed by atoms with E-state index in [2.05, 4.69) is 33.4 Å². The van der Waals surface area contributed by atoms with Gasteiger partial charge in [0.05, 0.1) is 5.69 Å². The maximum Gasteiger partial charge on any atom is 0.0546 e. The van der Waals surface area contributed by atoms with Crippen molar-refractivity contribution in [3.05, 3.63) is 29.6 Å². The molecule has 1 aliphatic heterocycles. The van der Waals surface area contributed by atoms with E-state index in [1.807, 2.05) is 12.3 Å². The average molecular weight is 269 g/mol. The third-order valence-electron chi connectivity index (χ3n) is 3.05. The van der Waals surface area contributed by atoms with Crippen LogP contribution < -0.4 is 0 Å². The van der Waals surface area contributed by atoms with Gasteiger partial charge < -0.3 is 0 Å². The Labute approximate surface area is 111 Å². The fourth-order valence-electron chi connectivity index (χ4n) is 2.06. The molecule has 2 rings (SSSR count). The van der Waals surface area contributed by atoms with Gasteiger partial charge in [0.1, 0.15) is 0 Å². The van der Waals surface area contributed by atoms with Gasteiger partial charge in [0.2, 0.25) is 0 Å². The zero-order valence-electron chi connectivity index (χ0n) is 10.4. The van der Waals surface area contributed by atoms with Crippen molar-refractivity contribution in [3.63, 3.8) is 0 Å². The standard InChI is InChI=1S/C12H19N3S2/c1-11-3-4-13-12(9-11)10-14-5-7-15(8-6-14)17(2)16/h3-4,9H,5-8,10H2,1-2H3. The van der Waals surface area contributed by atoms with E-state index in [-0.39, 0.29) is 9.64 Å². The van der Waals surface area contributed by atoms with Crippen LogP contribution in [0.1, 0.15) is 11.3 Å². The van der Waals surface area contributed by atoms with E-state index >= 15 is 0 Å². The summed E-state index contributed by atoms with van der Waals surface area (Å²) in [4.78, 5) is 6.87. The summed E-state index contributed by atoms with van der Waals surface area (Å²) in [5.74, 6) is 0. The van der Waals surface area contributed by atoms with E-state index in [4.69, 9.17) is 11.2 Å². The molecule has 0 radical (unpaired) electrons. The van der Waals surface area contributed by atoms with Crippen molar-refractivity contribution in [2.75, 3.05) is 32.4 Å². The molecule has 1 aliphatic rings. The van der Waals surface area contributed by atoms with Crippen LogP contribution in [0.3, 0.4) is 0 Å². The SMILES string of the molecule is Cc1ccnc(CN2CCN(S(C)=S)CC2)c1. The number of nitrogens with zero attached hydrogens (tertiary/aromatic N) is 3. The van der Waals surface area contributed by atoms with Gasteiger partial charge in [-0.1, -0.05) is 9.64 Å². The van der Waals surface area contributed by atoms with Crippen LogP contribution in [0.15, 0.2) is 18.3 Å². The number of pyridine rings is 1. The van der Waals surface area contributed by atoms with Crippen LogP contribution in [0.4, 0.5) is 0 Å². The van der Waals surface area contributed by atoms with Crippen molar-refractivity contribution in [2.24, 2.45) is 0 Å². The molecule has 0 N–H and O–H groups in total. The first kappa shape index (κ1) is 13.1. The fraction of sp³-hybridized carbons (Fsp3) is 0.583. The molecule has 17 heavy (non-hydrogen) atoms. The topological polar surface area (TPSA) is 19.4 Å². The summed E-state index contributed by atoms with van der Waals surface area (Å²) in [5.41, 5.74) is 2.46. The number of rotatable bonds is 3. The third kappa shape index (κ3) is 3.81.